The SMILES string of the molecule is CC(=O)Nc1cccc([C@H](C)NC(=O)c2cnc([C@H](C)O)s2)c1. The number of anilines is 1. The number of hydrogen-bond donors (Lipinski definition) is 3. The Kier molecular flexibility index (Phi) is 5.46. The van der Waals surface area contributed by atoms with Crippen molar-refractivity contribution < 1.29 is 14.7 Å². The van der Waals surface area contributed by atoms with Gasteiger partial charge in [0.25, 0.3) is 5.91 Å². The molecule has 2 amide bonds. The molecule has 0 unspecified atom stereocenters. The summed E-state index contributed by atoms with van der Waals surface area (Å²) in [6, 6.07) is 7.08. The van der Waals surface area contributed by atoms with E-state index in [0.29, 0.717) is 15.6 Å². The van der Waals surface area contributed by atoms with Crippen LogP contribution < -0.4 is 10.6 Å². The van der Waals surface area contributed by atoms with E-state index in [2.05, 4.69) is 15.6 Å². The van der Waals surface area contributed by atoms with Crippen molar-refractivity contribution in [3.63, 3.8) is 0 Å². The molecule has 1 heterocycles. The molecular weight excluding hydrogens is 314 g/mol. The maximum absolute atomic E-state index is 12.2. The second-order valence-corrected chi connectivity index (χ2v) is 6.30. The highest BCUT2D eigenvalue weighted by Crippen LogP contribution is 2.21. The Labute approximate surface area is 138 Å². The van der Waals surface area contributed by atoms with Gasteiger partial charge in [0.15, 0.2) is 0 Å². The first-order chi connectivity index (χ1) is 10.9. The lowest BCUT2D eigenvalue weighted by Gasteiger charge is -2.15. The van der Waals surface area contributed by atoms with E-state index in [1.807, 2.05) is 25.1 Å². The number of aromatic nitrogens is 1. The molecule has 0 fully saturated rings. The fraction of sp³-hybridized carbons (Fsp3) is 0.312. The summed E-state index contributed by atoms with van der Waals surface area (Å²) < 4.78 is 0. The third-order valence-corrected chi connectivity index (χ3v) is 4.33. The standard InChI is InChI=1S/C16H19N3O3S/c1-9(12-5-4-6-13(7-12)19-11(3)21)18-15(22)14-8-17-16(23-14)10(2)20/h4-10,20H,1-3H3,(H,18,22)(H,19,21)/t9-,10-/m0/s1. The zero-order valence-electron chi connectivity index (χ0n) is 13.2. The average Bonchev–Trinajstić information content (AvgIpc) is 2.97. The Bertz CT molecular complexity index is 712. The highest BCUT2D eigenvalue weighted by molar-refractivity contribution is 7.13. The minimum Gasteiger partial charge on any atom is -0.386 e. The number of aliphatic hydroxyl groups is 1. The minimum absolute atomic E-state index is 0.144. The van der Waals surface area contributed by atoms with Gasteiger partial charge in [-0.05, 0) is 31.5 Å². The quantitative estimate of drug-likeness (QED) is 0.784. The number of carbonyl (C=O) groups excluding carboxylic acids is 2. The van der Waals surface area contributed by atoms with Crippen LogP contribution in [0.4, 0.5) is 5.69 Å². The molecule has 7 heteroatoms. The Hall–Kier alpha value is -2.25. The van der Waals surface area contributed by atoms with Crippen molar-refractivity contribution in [3.05, 3.63) is 45.9 Å². The van der Waals surface area contributed by atoms with Crippen molar-refractivity contribution in [2.24, 2.45) is 0 Å². The van der Waals surface area contributed by atoms with Crippen LogP contribution in [0.25, 0.3) is 0 Å². The zero-order chi connectivity index (χ0) is 17.0. The Morgan fingerprint density at radius 1 is 1.30 bits per heavy atom. The van der Waals surface area contributed by atoms with Gasteiger partial charge in [-0.2, -0.15) is 0 Å². The monoisotopic (exact) mass is 333 g/mol. The summed E-state index contributed by atoms with van der Waals surface area (Å²) in [4.78, 5) is 27.8. The van der Waals surface area contributed by atoms with Crippen LogP contribution in [0.1, 0.15) is 53.2 Å². The van der Waals surface area contributed by atoms with Gasteiger partial charge < -0.3 is 15.7 Å². The van der Waals surface area contributed by atoms with Crippen molar-refractivity contribution >= 4 is 28.8 Å². The van der Waals surface area contributed by atoms with Gasteiger partial charge in [-0.1, -0.05) is 12.1 Å². The maximum Gasteiger partial charge on any atom is 0.263 e. The number of rotatable bonds is 5. The van der Waals surface area contributed by atoms with E-state index in [-0.39, 0.29) is 17.9 Å². The summed E-state index contributed by atoms with van der Waals surface area (Å²) in [5, 5.41) is 15.6. The van der Waals surface area contributed by atoms with Gasteiger partial charge in [0.05, 0.1) is 12.2 Å². The molecule has 3 N–H and O–H groups in total. The van der Waals surface area contributed by atoms with Crippen molar-refractivity contribution in [3.8, 4) is 0 Å². The van der Waals surface area contributed by atoms with Crippen molar-refractivity contribution in [1.29, 1.82) is 0 Å². The van der Waals surface area contributed by atoms with Crippen molar-refractivity contribution in [2.45, 2.75) is 32.9 Å². The van der Waals surface area contributed by atoms with Gasteiger partial charge in [-0.3, -0.25) is 9.59 Å². The van der Waals surface area contributed by atoms with Gasteiger partial charge in [0, 0.05) is 12.6 Å². The Balaban J connectivity index is 2.07. The average molecular weight is 333 g/mol. The molecule has 2 rings (SSSR count). The van der Waals surface area contributed by atoms with E-state index in [1.165, 1.54) is 24.5 Å². The molecule has 0 radical (unpaired) electrons. The molecule has 1 aromatic heterocycles. The molecule has 1 aromatic carbocycles. The number of nitrogens with zero attached hydrogens (tertiary/aromatic N) is 1. The van der Waals surface area contributed by atoms with Crippen LogP contribution in [0.3, 0.4) is 0 Å². The fourth-order valence-electron chi connectivity index (χ4n) is 2.03. The van der Waals surface area contributed by atoms with Gasteiger partial charge in [-0.25, -0.2) is 4.98 Å². The van der Waals surface area contributed by atoms with Gasteiger partial charge in [0.2, 0.25) is 5.91 Å². The summed E-state index contributed by atoms with van der Waals surface area (Å²) in [6.07, 6.45) is 0.774. The first kappa shape index (κ1) is 17.1. The molecule has 2 aromatic rings. The number of thiazole rings is 1. The van der Waals surface area contributed by atoms with Gasteiger partial charge in [-0.15, -0.1) is 11.3 Å². The number of carbonyl (C=O) groups is 2. The number of amides is 2. The number of benzene rings is 1. The maximum atomic E-state index is 12.2. The van der Waals surface area contributed by atoms with E-state index in [9.17, 15) is 14.7 Å². The Morgan fingerprint density at radius 2 is 2.04 bits per heavy atom. The third-order valence-electron chi connectivity index (χ3n) is 3.16. The molecule has 0 aliphatic heterocycles. The molecule has 0 saturated heterocycles. The van der Waals surface area contributed by atoms with E-state index in [0.717, 1.165) is 5.56 Å². The molecule has 0 spiro atoms. The van der Waals surface area contributed by atoms with Crippen LogP contribution in [0.5, 0.6) is 0 Å². The number of nitrogens with one attached hydrogen (secondary N) is 2. The summed E-state index contributed by atoms with van der Waals surface area (Å²) in [5.74, 6) is -0.388. The first-order valence-electron chi connectivity index (χ1n) is 7.19. The van der Waals surface area contributed by atoms with Gasteiger partial charge >= 0.3 is 0 Å². The molecule has 0 saturated carbocycles. The highest BCUT2D eigenvalue weighted by Gasteiger charge is 2.16. The van der Waals surface area contributed by atoms with E-state index >= 15 is 0 Å². The van der Waals surface area contributed by atoms with Crippen LogP contribution >= 0.6 is 11.3 Å². The molecule has 122 valence electrons. The van der Waals surface area contributed by atoms with Crippen LogP contribution in [-0.4, -0.2) is 21.9 Å². The molecular formula is C16H19N3O3S. The summed E-state index contributed by atoms with van der Waals surface area (Å²) in [7, 11) is 0. The normalized spacial score (nSPS) is 13.2. The van der Waals surface area contributed by atoms with Crippen LogP contribution in [0, 0.1) is 0 Å². The second-order valence-electron chi connectivity index (χ2n) is 5.24. The Morgan fingerprint density at radius 3 is 2.65 bits per heavy atom. The predicted octanol–water partition coefficient (Wildman–Crippen LogP) is 2.65. The molecule has 0 aliphatic rings. The van der Waals surface area contributed by atoms with Crippen molar-refractivity contribution in [1.82, 2.24) is 10.3 Å². The largest absolute Gasteiger partial charge is 0.386 e. The summed E-state index contributed by atoms with van der Waals surface area (Å²) in [6.45, 7) is 4.92. The lowest BCUT2D eigenvalue weighted by Crippen LogP contribution is -2.26. The summed E-state index contributed by atoms with van der Waals surface area (Å²) in [5.41, 5.74) is 1.56. The third kappa shape index (κ3) is 4.61. The highest BCUT2D eigenvalue weighted by atomic mass is 32.1. The smallest absolute Gasteiger partial charge is 0.263 e. The van der Waals surface area contributed by atoms with Gasteiger partial charge in [0.1, 0.15) is 16.0 Å². The summed E-state index contributed by atoms with van der Waals surface area (Å²) >= 11 is 1.17. The number of aliphatic hydroxyl groups excluding tert-OH is 1. The van der Waals surface area contributed by atoms with Crippen LogP contribution in [0.15, 0.2) is 30.5 Å². The fourth-order valence-corrected chi connectivity index (χ4v) is 2.78. The van der Waals surface area contributed by atoms with Crippen LogP contribution in [0.2, 0.25) is 0 Å². The lowest BCUT2D eigenvalue weighted by atomic mass is 10.1. The second kappa shape index (κ2) is 7.34. The van der Waals surface area contributed by atoms with E-state index < -0.39 is 6.10 Å². The first-order valence-corrected chi connectivity index (χ1v) is 8.00. The predicted molar refractivity (Wildman–Crippen MR) is 89.4 cm³/mol. The topological polar surface area (TPSA) is 91.3 Å². The molecule has 23 heavy (non-hydrogen) atoms. The van der Waals surface area contributed by atoms with Crippen molar-refractivity contribution in [2.75, 3.05) is 5.32 Å². The lowest BCUT2D eigenvalue weighted by molar-refractivity contribution is -0.114. The minimum atomic E-state index is -0.687. The molecule has 0 bridgehead atoms. The molecule has 6 nitrogen and oxygen atoms in total. The van der Waals surface area contributed by atoms with E-state index in [1.54, 1.807) is 13.0 Å². The number of hydrogen-bond acceptors (Lipinski definition) is 5. The zero-order valence-corrected chi connectivity index (χ0v) is 14.0. The molecule has 0 aliphatic carbocycles. The van der Waals surface area contributed by atoms with Crippen LogP contribution in [-0.2, 0) is 4.79 Å². The molecule has 2 atom stereocenters. The van der Waals surface area contributed by atoms with E-state index in [4.69, 9.17) is 0 Å².